The molecule has 1 aromatic heterocycles. The summed E-state index contributed by atoms with van der Waals surface area (Å²) >= 11 is 0. The van der Waals surface area contributed by atoms with E-state index < -0.39 is 10.0 Å². The Morgan fingerprint density at radius 3 is 2.28 bits per heavy atom. The standard InChI is InChI=1S/C29H44N4O5S/c1-7-24(30(4)5)10-11-31-12-14-32(15-13-31)29(34)23-18-27(38-20-23)19-33(25-8-9-25)39(35,36)28-21(2)16-26(37-6)17-22(28)3/h16-18,20,24-25H,7-15,19H2,1-6H3. The van der Waals surface area contributed by atoms with E-state index in [9.17, 15) is 13.2 Å². The van der Waals surface area contributed by atoms with Gasteiger partial charge in [-0.3, -0.25) is 9.69 Å². The van der Waals surface area contributed by atoms with E-state index in [2.05, 4.69) is 30.8 Å². The van der Waals surface area contributed by atoms with Crippen molar-refractivity contribution in [3.63, 3.8) is 0 Å². The van der Waals surface area contributed by atoms with Crippen LogP contribution in [0.2, 0.25) is 0 Å². The summed E-state index contributed by atoms with van der Waals surface area (Å²) in [6.45, 7) is 10.0. The van der Waals surface area contributed by atoms with Gasteiger partial charge in [-0.15, -0.1) is 0 Å². The van der Waals surface area contributed by atoms with Crippen molar-refractivity contribution in [2.75, 3.05) is 53.9 Å². The number of furan rings is 1. The highest BCUT2D eigenvalue weighted by molar-refractivity contribution is 7.89. The van der Waals surface area contributed by atoms with E-state index in [-0.39, 0.29) is 18.5 Å². The highest BCUT2D eigenvalue weighted by Gasteiger charge is 2.40. The monoisotopic (exact) mass is 560 g/mol. The summed E-state index contributed by atoms with van der Waals surface area (Å²) in [5.74, 6) is 1.05. The van der Waals surface area contributed by atoms with Gasteiger partial charge in [-0.05, 0) is 89.5 Å². The molecule has 1 aliphatic carbocycles. The first kappa shape index (κ1) is 29.6. The molecule has 4 rings (SSSR count). The maximum absolute atomic E-state index is 13.8. The second-order valence-corrected chi connectivity index (χ2v) is 12.9. The normalized spacial score (nSPS) is 17.7. The molecule has 0 spiro atoms. The molecule has 2 fully saturated rings. The molecule has 10 heteroatoms. The molecule has 0 N–H and O–H groups in total. The molecule has 216 valence electrons. The average molecular weight is 561 g/mol. The Morgan fingerprint density at radius 1 is 1.10 bits per heavy atom. The lowest BCUT2D eigenvalue weighted by atomic mass is 10.1. The van der Waals surface area contributed by atoms with Gasteiger partial charge >= 0.3 is 0 Å². The first-order valence-electron chi connectivity index (χ1n) is 14.0. The summed E-state index contributed by atoms with van der Waals surface area (Å²) in [4.78, 5) is 20.1. The van der Waals surface area contributed by atoms with Crippen LogP contribution < -0.4 is 4.74 Å². The van der Waals surface area contributed by atoms with E-state index in [4.69, 9.17) is 9.15 Å². The number of ether oxygens (including phenoxy) is 1. The number of rotatable bonds is 12. The maximum atomic E-state index is 13.8. The number of sulfonamides is 1. The number of piperazine rings is 1. The molecule has 1 amide bonds. The number of methoxy groups -OCH3 is 1. The molecular formula is C29H44N4O5S. The second-order valence-electron chi connectivity index (χ2n) is 11.1. The van der Waals surface area contributed by atoms with Gasteiger partial charge in [0.15, 0.2) is 0 Å². The molecule has 1 aliphatic heterocycles. The molecule has 0 radical (unpaired) electrons. The van der Waals surface area contributed by atoms with E-state index in [1.807, 2.05) is 4.90 Å². The third-order valence-corrected chi connectivity index (χ3v) is 10.2. The van der Waals surface area contributed by atoms with E-state index in [1.165, 1.54) is 10.6 Å². The van der Waals surface area contributed by atoms with Gasteiger partial charge in [-0.25, -0.2) is 8.42 Å². The predicted octanol–water partition coefficient (Wildman–Crippen LogP) is 3.75. The molecule has 2 heterocycles. The maximum Gasteiger partial charge on any atom is 0.257 e. The van der Waals surface area contributed by atoms with Gasteiger partial charge in [-0.2, -0.15) is 4.31 Å². The van der Waals surface area contributed by atoms with E-state index in [1.54, 1.807) is 39.2 Å². The number of amides is 1. The molecule has 1 aromatic carbocycles. The molecule has 9 nitrogen and oxygen atoms in total. The smallest absolute Gasteiger partial charge is 0.257 e. The number of nitrogens with zero attached hydrogens (tertiary/aromatic N) is 4. The number of carbonyl (C=O) groups is 1. The Bertz CT molecular complexity index is 1220. The Labute approximate surface area is 233 Å². The highest BCUT2D eigenvalue weighted by Crippen LogP contribution is 2.36. The molecule has 0 bridgehead atoms. The zero-order valence-electron chi connectivity index (χ0n) is 24.3. The van der Waals surface area contributed by atoms with Crippen LogP contribution in [0.1, 0.15) is 59.9 Å². The zero-order valence-corrected chi connectivity index (χ0v) is 25.1. The third kappa shape index (κ3) is 6.85. The summed E-state index contributed by atoms with van der Waals surface area (Å²) in [5.41, 5.74) is 1.78. The van der Waals surface area contributed by atoms with E-state index in [0.29, 0.717) is 52.2 Å². The quantitative estimate of drug-likeness (QED) is 0.391. The van der Waals surface area contributed by atoms with Gasteiger partial charge in [0.1, 0.15) is 17.8 Å². The largest absolute Gasteiger partial charge is 0.497 e. The minimum Gasteiger partial charge on any atom is -0.497 e. The number of aryl methyl sites for hydroxylation is 2. The van der Waals surface area contributed by atoms with Crippen LogP contribution in [0, 0.1) is 13.8 Å². The summed E-state index contributed by atoms with van der Waals surface area (Å²) in [6.07, 6.45) is 5.36. The van der Waals surface area contributed by atoms with Crippen molar-refractivity contribution in [1.82, 2.24) is 19.0 Å². The molecule has 1 saturated heterocycles. The van der Waals surface area contributed by atoms with Gasteiger partial charge in [0, 0.05) is 38.3 Å². The lowest BCUT2D eigenvalue weighted by molar-refractivity contribution is 0.0625. The van der Waals surface area contributed by atoms with Crippen LogP contribution in [0.3, 0.4) is 0 Å². The van der Waals surface area contributed by atoms with Crippen LogP contribution in [-0.2, 0) is 16.6 Å². The molecule has 1 atom stereocenters. The Hall–Kier alpha value is -2.40. The van der Waals surface area contributed by atoms with Crippen molar-refractivity contribution in [1.29, 1.82) is 0 Å². The Balaban J connectivity index is 1.40. The van der Waals surface area contributed by atoms with Crippen LogP contribution in [-0.4, -0.2) is 99.3 Å². The van der Waals surface area contributed by atoms with Crippen molar-refractivity contribution >= 4 is 15.9 Å². The minimum atomic E-state index is -3.77. The van der Waals surface area contributed by atoms with Gasteiger partial charge in [0.2, 0.25) is 10.0 Å². The topological polar surface area (TPSA) is 86.5 Å². The molecule has 2 aromatic rings. The lowest BCUT2D eigenvalue weighted by Crippen LogP contribution is -2.49. The highest BCUT2D eigenvalue weighted by atomic mass is 32.2. The summed E-state index contributed by atoms with van der Waals surface area (Å²) < 4.78 is 40.2. The van der Waals surface area contributed by atoms with Gasteiger partial charge in [-0.1, -0.05) is 6.92 Å². The van der Waals surface area contributed by atoms with Crippen molar-refractivity contribution in [2.24, 2.45) is 0 Å². The fourth-order valence-electron chi connectivity index (χ4n) is 5.57. The third-order valence-electron chi connectivity index (χ3n) is 8.04. The van der Waals surface area contributed by atoms with Crippen LogP contribution in [0.15, 0.2) is 33.8 Å². The van der Waals surface area contributed by atoms with E-state index in [0.717, 1.165) is 45.3 Å². The number of benzene rings is 1. The number of carbonyl (C=O) groups excluding carboxylic acids is 1. The Morgan fingerprint density at radius 2 is 1.74 bits per heavy atom. The first-order valence-corrected chi connectivity index (χ1v) is 15.4. The minimum absolute atomic E-state index is 0.0620. The van der Waals surface area contributed by atoms with Gasteiger partial charge in [0.25, 0.3) is 5.91 Å². The van der Waals surface area contributed by atoms with Crippen LogP contribution in [0.25, 0.3) is 0 Å². The van der Waals surface area contributed by atoms with Crippen molar-refractivity contribution in [2.45, 2.75) is 70.0 Å². The molecule has 1 saturated carbocycles. The van der Waals surface area contributed by atoms with Crippen molar-refractivity contribution in [3.05, 3.63) is 46.9 Å². The summed E-state index contributed by atoms with van der Waals surface area (Å²) in [5, 5.41) is 0. The predicted molar refractivity (Wildman–Crippen MR) is 152 cm³/mol. The summed E-state index contributed by atoms with van der Waals surface area (Å²) in [7, 11) is 2.07. The molecule has 1 unspecified atom stereocenters. The first-order chi connectivity index (χ1) is 18.5. The van der Waals surface area contributed by atoms with Gasteiger partial charge in [0.05, 0.1) is 24.1 Å². The number of hydrogen-bond acceptors (Lipinski definition) is 7. The van der Waals surface area contributed by atoms with Crippen molar-refractivity contribution < 1.29 is 22.4 Å². The lowest BCUT2D eigenvalue weighted by Gasteiger charge is -2.35. The fourth-order valence-corrected chi connectivity index (χ4v) is 7.64. The molecule has 39 heavy (non-hydrogen) atoms. The van der Waals surface area contributed by atoms with Crippen LogP contribution >= 0.6 is 0 Å². The zero-order chi connectivity index (χ0) is 28.3. The SMILES string of the molecule is CCC(CCN1CCN(C(=O)c2coc(CN(C3CC3)S(=O)(=O)c3c(C)cc(OC)cc3C)c2)CC1)N(C)C. The second kappa shape index (κ2) is 12.4. The number of hydrogen-bond donors (Lipinski definition) is 0. The van der Waals surface area contributed by atoms with E-state index >= 15 is 0 Å². The average Bonchev–Trinajstić information content (AvgIpc) is 3.63. The fraction of sp³-hybridized carbons (Fsp3) is 0.621. The van der Waals surface area contributed by atoms with Crippen LogP contribution in [0.5, 0.6) is 5.75 Å². The van der Waals surface area contributed by atoms with Gasteiger partial charge < -0.3 is 19.0 Å². The molecule has 2 aliphatic rings. The summed E-state index contributed by atoms with van der Waals surface area (Å²) in [6, 6.07) is 5.71. The van der Waals surface area contributed by atoms with Crippen LogP contribution in [0.4, 0.5) is 0 Å². The van der Waals surface area contributed by atoms with Crippen molar-refractivity contribution in [3.8, 4) is 5.75 Å². The molecular weight excluding hydrogens is 516 g/mol. The Kier molecular flexibility index (Phi) is 9.41.